The normalized spacial score (nSPS) is 21.7. The Morgan fingerprint density at radius 1 is 1.32 bits per heavy atom. The molecule has 19 heavy (non-hydrogen) atoms. The van der Waals surface area contributed by atoms with E-state index in [0.717, 1.165) is 17.7 Å². The van der Waals surface area contributed by atoms with Crippen LogP contribution in [0.5, 0.6) is 0 Å². The summed E-state index contributed by atoms with van der Waals surface area (Å²) in [6.45, 7) is 1.60. The summed E-state index contributed by atoms with van der Waals surface area (Å²) in [5.41, 5.74) is 0.0587. The molecule has 0 aliphatic carbocycles. The summed E-state index contributed by atoms with van der Waals surface area (Å²) in [6, 6.07) is 4.14. The summed E-state index contributed by atoms with van der Waals surface area (Å²) in [5, 5.41) is 1.48. The zero-order chi connectivity index (χ0) is 14.3. The molecule has 2 aliphatic rings. The number of hydrogen-bond donors (Lipinski definition) is 1. The lowest BCUT2D eigenvalue weighted by Crippen LogP contribution is -2.39. The van der Waals surface area contributed by atoms with Gasteiger partial charge >= 0.3 is 0 Å². The van der Waals surface area contributed by atoms with E-state index in [9.17, 15) is 14.0 Å². The van der Waals surface area contributed by atoms with E-state index in [2.05, 4.69) is 0 Å². The maximum atomic E-state index is 13.7. The van der Waals surface area contributed by atoms with Crippen molar-refractivity contribution in [3.8, 4) is 0 Å². The molecule has 2 amide bonds. The number of imide groups is 1. The average molecular weight is 263 g/mol. The van der Waals surface area contributed by atoms with E-state index in [-0.39, 0.29) is 17.0 Å². The number of nitrogens with one attached hydrogen (secondary N) is 1. The van der Waals surface area contributed by atoms with Crippen LogP contribution < -0.4 is 5.31 Å². The summed E-state index contributed by atoms with van der Waals surface area (Å²) >= 11 is 0. The summed E-state index contributed by atoms with van der Waals surface area (Å²) in [4.78, 5) is 25.5. The Hall–Kier alpha value is -1.75. The molecule has 3 rings (SSSR count). The van der Waals surface area contributed by atoms with Crippen LogP contribution in [0.3, 0.4) is 0 Å². The third-order valence-corrected chi connectivity index (χ3v) is 3.78. The third kappa shape index (κ3) is 2.04. The fraction of sp³-hybridized carbons (Fsp3) is 0.429. The zero-order valence-electron chi connectivity index (χ0n) is 11.4. The van der Waals surface area contributed by atoms with Gasteiger partial charge in [-0.15, -0.1) is 0 Å². The molecule has 1 saturated heterocycles. The van der Waals surface area contributed by atoms with Crippen molar-refractivity contribution in [2.75, 3.05) is 19.6 Å². The second-order valence-electron chi connectivity index (χ2n) is 5.00. The van der Waals surface area contributed by atoms with Crippen molar-refractivity contribution < 1.29 is 15.4 Å². The van der Waals surface area contributed by atoms with Crippen LogP contribution in [-0.2, 0) is 0 Å². The highest BCUT2D eigenvalue weighted by molar-refractivity contribution is 6.21. The molecule has 2 aliphatic heterocycles. The smallest absolute Gasteiger partial charge is 0.264 e. The van der Waals surface area contributed by atoms with E-state index in [0.29, 0.717) is 19.6 Å². The van der Waals surface area contributed by atoms with Crippen LogP contribution in [0.15, 0.2) is 18.2 Å². The highest BCUT2D eigenvalue weighted by atomic mass is 19.1. The van der Waals surface area contributed by atoms with Crippen LogP contribution in [0.4, 0.5) is 4.39 Å². The number of benzene rings is 1. The van der Waals surface area contributed by atoms with E-state index >= 15 is 0 Å². The van der Waals surface area contributed by atoms with Crippen LogP contribution in [-0.4, -0.2) is 36.3 Å². The van der Waals surface area contributed by atoms with Crippen molar-refractivity contribution in [1.82, 2.24) is 10.2 Å². The summed E-state index contributed by atoms with van der Waals surface area (Å²) in [6.07, 6.45) is 1.55. The Bertz CT molecular complexity index is 570. The average Bonchev–Trinajstić information content (AvgIpc) is 2.67. The molecule has 2 heterocycles. The fourth-order valence-electron chi connectivity index (χ4n) is 2.70. The van der Waals surface area contributed by atoms with Gasteiger partial charge in [-0.05, 0) is 44.0 Å². The predicted octanol–water partition coefficient (Wildman–Crippen LogP) is 1.42. The maximum Gasteiger partial charge on any atom is 0.264 e. The molecule has 0 radical (unpaired) electrons. The van der Waals surface area contributed by atoms with Crippen LogP contribution in [0.25, 0.3) is 0 Å². The molecule has 5 heteroatoms. The Morgan fingerprint density at radius 3 is 2.74 bits per heavy atom. The number of fused-ring (bicyclic) bond motifs is 1. The number of nitrogens with zero attached hydrogens (tertiary/aromatic N) is 1. The largest absolute Gasteiger partial charge is 0.317 e. The van der Waals surface area contributed by atoms with Crippen LogP contribution in [0, 0.1) is 11.7 Å². The molecule has 0 atom stereocenters. The molecule has 0 bridgehead atoms. The Balaban J connectivity index is 1.78. The van der Waals surface area contributed by atoms with E-state index < -0.39 is 17.6 Å². The van der Waals surface area contributed by atoms with Gasteiger partial charge in [-0.25, -0.2) is 4.39 Å². The van der Waals surface area contributed by atoms with Crippen molar-refractivity contribution in [2.45, 2.75) is 12.8 Å². The van der Waals surface area contributed by atoms with Crippen LogP contribution in [0.1, 0.15) is 33.6 Å². The lowest BCUT2D eigenvalue weighted by Gasteiger charge is -2.26. The van der Waals surface area contributed by atoms with Gasteiger partial charge in [-0.2, -0.15) is 0 Å². The SMILES string of the molecule is [2H]N1CCC(CN2C(=O)c3cccc(F)c3C2=O)CC1. The van der Waals surface area contributed by atoms with Gasteiger partial charge in [0, 0.05) is 6.54 Å². The first-order valence-electron chi connectivity index (χ1n) is 6.91. The molecule has 1 fully saturated rings. The monoisotopic (exact) mass is 263 g/mol. The van der Waals surface area contributed by atoms with Gasteiger partial charge in [0.05, 0.1) is 11.1 Å². The van der Waals surface area contributed by atoms with Crippen molar-refractivity contribution in [1.29, 1.82) is 0 Å². The molecule has 1 aromatic rings. The molecule has 4 nitrogen and oxygen atoms in total. The number of rotatable bonds is 2. The molecule has 1 aromatic carbocycles. The molecule has 0 spiro atoms. The number of hydrogen-bond acceptors (Lipinski definition) is 3. The van der Waals surface area contributed by atoms with Crippen molar-refractivity contribution in [3.05, 3.63) is 35.1 Å². The van der Waals surface area contributed by atoms with Gasteiger partial charge in [0.1, 0.15) is 7.23 Å². The van der Waals surface area contributed by atoms with Crippen LogP contribution >= 0.6 is 0 Å². The van der Waals surface area contributed by atoms with E-state index in [1.165, 1.54) is 23.5 Å². The third-order valence-electron chi connectivity index (χ3n) is 3.78. The van der Waals surface area contributed by atoms with Gasteiger partial charge in [-0.3, -0.25) is 14.5 Å². The van der Waals surface area contributed by atoms with Gasteiger partial charge in [0.15, 0.2) is 0 Å². The summed E-state index contributed by atoms with van der Waals surface area (Å²) in [7, 11) is 0. The maximum absolute atomic E-state index is 13.7. The highest BCUT2D eigenvalue weighted by Gasteiger charge is 2.38. The van der Waals surface area contributed by atoms with Gasteiger partial charge in [-0.1, -0.05) is 6.07 Å². The summed E-state index contributed by atoms with van der Waals surface area (Å²) in [5.74, 6) is -1.37. The Morgan fingerprint density at radius 2 is 2.05 bits per heavy atom. The fourth-order valence-corrected chi connectivity index (χ4v) is 2.70. The van der Waals surface area contributed by atoms with Crippen molar-refractivity contribution in [2.24, 2.45) is 5.92 Å². The molecule has 0 saturated carbocycles. The number of carbonyl (C=O) groups is 2. The van der Waals surface area contributed by atoms with Crippen molar-refractivity contribution in [3.63, 3.8) is 0 Å². The lowest BCUT2D eigenvalue weighted by atomic mass is 9.97. The van der Waals surface area contributed by atoms with E-state index in [1.54, 1.807) is 0 Å². The number of halogens is 1. The topological polar surface area (TPSA) is 49.4 Å². The van der Waals surface area contributed by atoms with Gasteiger partial charge in [0.25, 0.3) is 11.8 Å². The number of amides is 2. The van der Waals surface area contributed by atoms with Crippen LogP contribution in [0.2, 0.25) is 1.41 Å². The molecule has 100 valence electrons. The zero-order valence-corrected chi connectivity index (χ0v) is 10.4. The minimum atomic E-state index is -0.635. The second kappa shape index (κ2) is 4.74. The molecule has 0 aromatic heterocycles. The minimum absolute atomic E-state index is 0.101. The van der Waals surface area contributed by atoms with Gasteiger partial charge < -0.3 is 5.31 Å². The Labute approximate surface area is 112 Å². The second-order valence-corrected chi connectivity index (χ2v) is 5.00. The van der Waals surface area contributed by atoms with Crippen molar-refractivity contribution >= 4 is 11.8 Å². The van der Waals surface area contributed by atoms with E-state index in [4.69, 9.17) is 1.41 Å². The summed E-state index contributed by atoms with van der Waals surface area (Å²) < 4.78 is 21.2. The van der Waals surface area contributed by atoms with Gasteiger partial charge in [0.2, 0.25) is 0 Å². The standard InChI is InChI=1S/C14H15FN2O2/c15-11-3-1-2-10-12(11)14(19)17(13(10)18)8-9-4-6-16-7-5-9/h1-3,9,16H,4-8H2/i/hD. The highest BCUT2D eigenvalue weighted by Crippen LogP contribution is 2.27. The number of carbonyl (C=O) groups excluding carboxylic acids is 2. The lowest BCUT2D eigenvalue weighted by molar-refractivity contribution is 0.0618. The number of piperidine rings is 1. The quantitative estimate of drug-likeness (QED) is 0.821. The first kappa shape index (κ1) is 11.1. The molecule has 0 unspecified atom stereocenters. The predicted molar refractivity (Wildman–Crippen MR) is 67.4 cm³/mol. The molecular weight excluding hydrogens is 247 g/mol. The van der Waals surface area contributed by atoms with E-state index in [1.807, 2.05) is 0 Å². The Kier molecular flexibility index (Phi) is 2.77. The first-order chi connectivity index (χ1) is 9.58. The first-order valence-corrected chi connectivity index (χ1v) is 6.46. The minimum Gasteiger partial charge on any atom is -0.317 e. The molecule has 1 N–H and O–H groups in total. The molecular formula is C14H15FN2O2.